The van der Waals surface area contributed by atoms with Crippen LogP contribution in [0, 0.1) is 6.92 Å². The molecule has 2 rings (SSSR count). The maximum absolute atomic E-state index is 12.0. The SMILES string of the molecule is Cc1c(Cl)nc(C2CC2)nc1OCCCC(F)(F)F. The molecule has 0 N–H and O–H groups in total. The first-order valence-electron chi connectivity index (χ1n) is 6.10. The molecule has 7 heteroatoms. The van der Waals surface area contributed by atoms with E-state index in [9.17, 15) is 13.2 Å². The van der Waals surface area contributed by atoms with Crippen LogP contribution < -0.4 is 4.74 Å². The molecule has 1 fully saturated rings. The molecular weight excluding hydrogens is 281 g/mol. The standard InChI is InChI=1S/C12H14ClF3N2O/c1-7-9(13)17-10(8-3-4-8)18-11(7)19-6-2-5-12(14,15)16/h8H,2-6H2,1H3. The molecule has 1 saturated carbocycles. The lowest BCUT2D eigenvalue weighted by Crippen LogP contribution is -2.11. The molecule has 1 aliphatic rings. The zero-order valence-electron chi connectivity index (χ0n) is 10.4. The van der Waals surface area contributed by atoms with Crippen LogP contribution in [0.1, 0.15) is 43.0 Å². The summed E-state index contributed by atoms with van der Waals surface area (Å²) in [5.41, 5.74) is 0.568. The highest BCUT2D eigenvalue weighted by molar-refractivity contribution is 6.30. The summed E-state index contributed by atoms with van der Waals surface area (Å²) in [7, 11) is 0. The van der Waals surface area contributed by atoms with Gasteiger partial charge in [0.25, 0.3) is 0 Å². The molecule has 1 aromatic rings. The van der Waals surface area contributed by atoms with E-state index in [-0.39, 0.29) is 13.0 Å². The van der Waals surface area contributed by atoms with Crippen molar-refractivity contribution in [1.29, 1.82) is 0 Å². The molecule has 1 heterocycles. The number of rotatable bonds is 5. The summed E-state index contributed by atoms with van der Waals surface area (Å²) < 4.78 is 41.3. The summed E-state index contributed by atoms with van der Waals surface area (Å²) in [5.74, 6) is 1.24. The molecule has 19 heavy (non-hydrogen) atoms. The topological polar surface area (TPSA) is 35.0 Å². The Hall–Kier alpha value is -1.04. The van der Waals surface area contributed by atoms with E-state index in [0.29, 0.717) is 28.3 Å². The predicted molar refractivity (Wildman–Crippen MR) is 64.5 cm³/mol. The molecule has 0 atom stereocenters. The quantitative estimate of drug-likeness (QED) is 0.607. The van der Waals surface area contributed by atoms with Crippen molar-refractivity contribution in [2.24, 2.45) is 0 Å². The minimum Gasteiger partial charge on any atom is -0.477 e. The Morgan fingerprint density at radius 1 is 1.32 bits per heavy atom. The first kappa shape index (κ1) is 14.4. The third kappa shape index (κ3) is 4.23. The van der Waals surface area contributed by atoms with Crippen molar-refractivity contribution in [2.45, 2.75) is 44.7 Å². The van der Waals surface area contributed by atoms with Gasteiger partial charge in [0, 0.05) is 17.9 Å². The van der Waals surface area contributed by atoms with Gasteiger partial charge >= 0.3 is 6.18 Å². The predicted octanol–water partition coefficient (Wildman–Crippen LogP) is 4.04. The van der Waals surface area contributed by atoms with E-state index in [1.165, 1.54) is 0 Å². The Bertz CT molecular complexity index is 461. The molecular formula is C12H14ClF3N2O. The van der Waals surface area contributed by atoms with Gasteiger partial charge in [0.15, 0.2) is 0 Å². The minimum atomic E-state index is -4.15. The zero-order chi connectivity index (χ0) is 14.0. The largest absolute Gasteiger partial charge is 0.477 e. The lowest BCUT2D eigenvalue weighted by molar-refractivity contribution is -0.136. The highest BCUT2D eigenvalue weighted by Gasteiger charge is 2.29. The summed E-state index contributed by atoms with van der Waals surface area (Å²) in [6.45, 7) is 1.66. The van der Waals surface area contributed by atoms with Gasteiger partial charge < -0.3 is 4.74 Å². The molecule has 1 aliphatic carbocycles. The first-order chi connectivity index (χ1) is 8.87. The van der Waals surface area contributed by atoms with Gasteiger partial charge in [-0.2, -0.15) is 18.2 Å². The van der Waals surface area contributed by atoms with E-state index in [4.69, 9.17) is 16.3 Å². The normalized spacial score (nSPS) is 15.6. The van der Waals surface area contributed by atoms with Crippen molar-refractivity contribution in [3.05, 3.63) is 16.5 Å². The van der Waals surface area contributed by atoms with Crippen LogP contribution in [-0.2, 0) is 0 Å². The fraction of sp³-hybridized carbons (Fsp3) is 0.667. The first-order valence-corrected chi connectivity index (χ1v) is 6.48. The highest BCUT2D eigenvalue weighted by Crippen LogP contribution is 2.39. The second kappa shape index (κ2) is 5.53. The maximum Gasteiger partial charge on any atom is 0.389 e. The Balaban J connectivity index is 1.95. The average Bonchev–Trinajstić information content (AvgIpc) is 3.12. The van der Waals surface area contributed by atoms with Crippen molar-refractivity contribution >= 4 is 11.6 Å². The third-order valence-corrected chi connectivity index (χ3v) is 3.21. The van der Waals surface area contributed by atoms with Crippen LogP contribution in [-0.4, -0.2) is 22.8 Å². The van der Waals surface area contributed by atoms with Gasteiger partial charge in [0.2, 0.25) is 5.88 Å². The van der Waals surface area contributed by atoms with Crippen molar-refractivity contribution in [3.8, 4) is 5.88 Å². The van der Waals surface area contributed by atoms with Crippen LogP contribution in [0.2, 0.25) is 5.15 Å². The average molecular weight is 295 g/mol. The number of ether oxygens (including phenoxy) is 1. The van der Waals surface area contributed by atoms with Crippen LogP contribution in [0.5, 0.6) is 5.88 Å². The van der Waals surface area contributed by atoms with E-state index in [1.54, 1.807) is 6.92 Å². The van der Waals surface area contributed by atoms with Gasteiger partial charge in [0.05, 0.1) is 6.61 Å². The molecule has 0 amide bonds. The monoisotopic (exact) mass is 294 g/mol. The number of nitrogens with zero attached hydrogens (tertiary/aromatic N) is 2. The van der Waals surface area contributed by atoms with Gasteiger partial charge in [-0.05, 0) is 26.2 Å². The van der Waals surface area contributed by atoms with E-state index in [1.807, 2.05) is 0 Å². The maximum atomic E-state index is 12.0. The Morgan fingerprint density at radius 2 is 2.00 bits per heavy atom. The van der Waals surface area contributed by atoms with E-state index in [2.05, 4.69) is 9.97 Å². The highest BCUT2D eigenvalue weighted by atomic mass is 35.5. The van der Waals surface area contributed by atoms with Crippen molar-refractivity contribution in [2.75, 3.05) is 6.61 Å². The summed E-state index contributed by atoms with van der Waals surface area (Å²) in [6, 6.07) is 0. The van der Waals surface area contributed by atoms with E-state index in [0.717, 1.165) is 12.8 Å². The van der Waals surface area contributed by atoms with Crippen LogP contribution in [0.3, 0.4) is 0 Å². The van der Waals surface area contributed by atoms with Crippen molar-refractivity contribution in [1.82, 2.24) is 9.97 Å². The van der Waals surface area contributed by atoms with E-state index < -0.39 is 12.6 Å². The van der Waals surface area contributed by atoms with Crippen LogP contribution in [0.25, 0.3) is 0 Å². The number of alkyl halides is 3. The fourth-order valence-corrected chi connectivity index (χ4v) is 1.76. The van der Waals surface area contributed by atoms with Gasteiger partial charge in [-0.15, -0.1) is 0 Å². The number of hydrogen-bond donors (Lipinski definition) is 0. The molecule has 0 bridgehead atoms. The lowest BCUT2D eigenvalue weighted by Gasteiger charge is -2.11. The van der Waals surface area contributed by atoms with Gasteiger partial charge in [-0.1, -0.05) is 11.6 Å². The molecule has 0 radical (unpaired) electrons. The second-order valence-corrected chi connectivity index (χ2v) is 5.00. The molecule has 3 nitrogen and oxygen atoms in total. The van der Waals surface area contributed by atoms with Crippen LogP contribution in [0.15, 0.2) is 0 Å². The van der Waals surface area contributed by atoms with Gasteiger partial charge in [-0.3, -0.25) is 0 Å². The van der Waals surface area contributed by atoms with Crippen LogP contribution >= 0.6 is 11.6 Å². The Labute approximate surface area is 114 Å². The lowest BCUT2D eigenvalue weighted by atomic mass is 10.3. The Morgan fingerprint density at radius 3 is 2.58 bits per heavy atom. The minimum absolute atomic E-state index is 0.0300. The molecule has 1 aromatic heterocycles. The third-order valence-electron chi connectivity index (χ3n) is 2.84. The zero-order valence-corrected chi connectivity index (χ0v) is 11.2. The van der Waals surface area contributed by atoms with Crippen molar-refractivity contribution in [3.63, 3.8) is 0 Å². The van der Waals surface area contributed by atoms with E-state index >= 15 is 0 Å². The molecule has 0 aromatic carbocycles. The molecule has 0 spiro atoms. The summed E-state index contributed by atoms with van der Waals surface area (Å²) >= 11 is 5.97. The molecule has 106 valence electrons. The molecule has 0 unspecified atom stereocenters. The number of hydrogen-bond acceptors (Lipinski definition) is 3. The number of aromatic nitrogens is 2. The smallest absolute Gasteiger partial charge is 0.389 e. The second-order valence-electron chi connectivity index (χ2n) is 4.64. The fourth-order valence-electron chi connectivity index (χ4n) is 1.59. The summed E-state index contributed by atoms with van der Waals surface area (Å²) in [4.78, 5) is 8.39. The summed E-state index contributed by atoms with van der Waals surface area (Å²) in [5, 5.41) is 0.308. The number of halogens is 4. The molecule has 0 aliphatic heterocycles. The van der Waals surface area contributed by atoms with Gasteiger partial charge in [-0.25, -0.2) is 4.98 Å². The summed E-state index contributed by atoms with van der Waals surface area (Å²) in [6.07, 6.45) is -3.07. The van der Waals surface area contributed by atoms with Crippen molar-refractivity contribution < 1.29 is 17.9 Å². The van der Waals surface area contributed by atoms with Crippen LogP contribution in [0.4, 0.5) is 13.2 Å². The van der Waals surface area contributed by atoms with Gasteiger partial charge in [0.1, 0.15) is 11.0 Å². The Kier molecular flexibility index (Phi) is 4.18. The molecule has 0 saturated heterocycles.